The van der Waals surface area contributed by atoms with Gasteiger partial charge in [-0.05, 0) is 0 Å². The number of carbonyl (C=O) groups excluding carboxylic acids is 1. The fourth-order valence-electron chi connectivity index (χ4n) is 1.56. The van der Waals surface area contributed by atoms with Crippen molar-refractivity contribution >= 4 is 5.91 Å². The van der Waals surface area contributed by atoms with E-state index in [0.29, 0.717) is 6.54 Å². The standard InChI is InChI=1S/C10H16N2O2/c1-2-3-10(14)12-6-4-11(5-7-12)8-9-13/h1,13H,3-9H2. The number of piperazine rings is 1. The van der Waals surface area contributed by atoms with Gasteiger partial charge in [0.05, 0.1) is 13.0 Å². The lowest BCUT2D eigenvalue weighted by atomic mass is 10.3. The number of amides is 1. The van der Waals surface area contributed by atoms with E-state index < -0.39 is 0 Å². The Morgan fingerprint density at radius 1 is 1.36 bits per heavy atom. The number of nitrogens with zero attached hydrogens (tertiary/aromatic N) is 2. The first-order valence-electron chi connectivity index (χ1n) is 4.82. The third-order valence-electron chi connectivity index (χ3n) is 2.39. The van der Waals surface area contributed by atoms with Crippen molar-refractivity contribution in [1.82, 2.24) is 9.80 Å². The van der Waals surface area contributed by atoms with E-state index in [4.69, 9.17) is 11.5 Å². The van der Waals surface area contributed by atoms with Gasteiger partial charge in [0, 0.05) is 32.7 Å². The molecule has 0 spiro atoms. The number of aliphatic hydroxyl groups is 1. The van der Waals surface area contributed by atoms with Crippen LogP contribution in [0.4, 0.5) is 0 Å². The predicted molar refractivity (Wildman–Crippen MR) is 53.6 cm³/mol. The second-order valence-electron chi connectivity index (χ2n) is 3.33. The van der Waals surface area contributed by atoms with Gasteiger partial charge in [-0.15, -0.1) is 6.42 Å². The second-order valence-corrected chi connectivity index (χ2v) is 3.33. The lowest BCUT2D eigenvalue weighted by molar-refractivity contribution is -0.131. The lowest BCUT2D eigenvalue weighted by Crippen LogP contribution is -2.49. The van der Waals surface area contributed by atoms with Gasteiger partial charge in [0.15, 0.2) is 0 Å². The molecule has 1 heterocycles. The summed E-state index contributed by atoms with van der Waals surface area (Å²) in [6, 6.07) is 0. The largest absolute Gasteiger partial charge is 0.395 e. The van der Waals surface area contributed by atoms with Crippen LogP contribution in [0.2, 0.25) is 0 Å². The van der Waals surface area contributed by atoms with Crippen molar-refractivity contribution in [3.8, 4) is 12.3 Å². The maximum atomic E-state index is 11.4. The fourth-order valence-corrected chi connectivity index (χ4v) is 1.56. The SMILES string of the molecule is C#CCC(=O)N1CCN(CCO)CC1. The third-order valence-corrected chi connectivity index (χ3v) is 2.39. The Hall–Kier alpha value is -1.05. The highest BCUT2D eigenvalue weighted by Gasteiger charge is 2.19. The summed E-state index contributed by atoms with van der Waals surface area (Å²) in [6.07, 6.45) is 5.26. The van der Waals surface area contributed by atoms with Gasteiger partial charge in [-0.1, -0.05) is 5.92 Å². The number of carbonyl (C=O) groups is 1. The number of β-amino-alcohol motifs (C(OH)–C–C–N with tert-alkyl or cyclic N) is 1. The molecule has 1 aliphatic rings. The molecule has 1 saturated heterocycles. The zero-order valence-electron chi connectivity index (χ0n) is 8.28. The van der Waals surface area contributed by atoms with Crippen molar-refractivity contribution in [2.45, 2.75) is 6.42 Å². The molecule has 0 aromatic rings. The van der Waals surface area contributed by atoms with E-state index in [2.05, 4.69) is 10.8 Å². The summed E-state index contributed by atoms with van der Waals surface area (Å²) in [5.41, 5.74) is 0. The summed E-state index contributed by atoms with van der Waals surface area (Å²) < 4.78 is 0. The van der Waals surface area contributed by atoms with Crippen LogP contribution in [0.3, 0.4) is 0 Å². The van der Waals surface area contributed by atoms with Crippen molar-refractivity contribution in [1.29, 1.82) is 0 Å². The Morgan fingerprint density at radius 2 is 2.00 bits per heavy atom. The summed E-state index contributed by atoms with van der Waals surface area (Å²) in [5.74, 6) is 2.39. The van der Waals surface area contributed by atoms with E-state index in [9.17, 15) is 4.79 Å². The van der Waals surface area contributed by atoms with Crippen LogP contribution in [0.1, 0.15) is 6.42 Å². The summed E-state index contributed by atoms with van der Waals surface area (Å²) in [6.45, 7) is 3.98. The van der Waals surface area contributed by atoms with Gasteiger partial charge >= 0.3 is 0 Å². The Kier molecular flexibility index (Phi) is 4.44. The highest BCUT2D eigenvalue weighted by molar-refractivity contribution is 5.78. The number of hydrogen-bond acceptors (Lipinski definition) is 3. The lowest BCUT2D eigenvalue weighted by Gasteiger charge is -2.34. The van der Waals surface area contributed by atoms with Gasteiger partial charge in [-0.2, -0.15) is 0 Å². The van der Waals surface area contributed by atoms with Crippen LogP contribution in [0.5, 0.6) is 0 Å². The van der Waals surface area contributed by atoms with Crippen LogP contribution in [0.15, 0.2) is 0 Å². The zero-order valence-corrected chi connectivity index (χ0v) is 8.28. The highest BCUT2D eigenvalue weighted by Crippen LogP contribution is 2.02. The van der Waals surface area contributed by atoms with Gasteiger partial charge in [0.1, 0.15) is 0 Å². The van der Waals surface area contributed by atoms with Crippen LogP contribution in [-0.2, 0) is 4.79 Å². The van der Waals surface area contributed by atoms with Crippen LogP contribution in [0, 0.1) is 12.3 Å². The minimum Gasteiger partial charge on any atom is -0.395 e. The first-order valence-corrected chi connectivity index (χ1v) is 4.82. The maximum Gasteiger partial charge on any atom is 0.234 e. The molecular weight excluding hydrogens is 180 g/mol. The number of rotatable bonds is 3. The van der Waals surface area contributed by atoms with Gasteiger partial charge in [0.2, 0.25) is 5.91 Å². The topological polar surface area (TPSA) is 43.8 Å². The quantitative estimate of drug-likeness (QED) is 0.598. The van der Waals surface area contributed by atoms with Crippen molar-refractivity contribution in [2.24, 2.45) is 0 Å². The van der Waals surface area contributed by atoms with Crippen LogP contribution < -0.4 is 0 Å². The molecule has 78 valence electrons. The van der Waals surface area contributed by atoms with E-state index in [0.717, 1.165) is 26.2 Å². The molecule has 0 aromatic heterocycles. The molecule has 0 aromatic carbocycles. The van der Waals surface area contributed by atoms with E-state index in [-0.39, 0.29) is 18.9 Å². The van der Waals surface area contributed by atoms with E-state index >= 15 is 0 Å². The summed E-state index contributed by atoms with van der Waals surface area (Å²) >= 11 is 0. The minimum absolute atomic E-state index is 0.0381. The molecule has 14 heavy (non-hydrogen) atoms. The second kappa shape index (κ2) is 5.63. The van der Waals surface area contributed by atoms with Crippen LogP contribution >= 0.6 is 0 Å². The molecule has 4 heteroatoms. The van der Waals surface area contributed by atoms with E-state index in [1.165, 1.54) is 0 Å². The van der Waals surface area contributed by atoms with Crippen molar-refractivity contribution in [3.05, 3.63) is 0 Å². The van der Waals surface area contributed by atoms with Gasteiger partial charge in [0.25, 0.3) is 0 Å². The van der Waals surface area contributed by atoms with Crippen LogP contribution in [-0.4, -0.2) is 60.1 Å². The maximum absolute atomic E-state index is 11.4. The molecule has 0 saturated carbocycles. The first-order chi connectivity index (χ1) is 6.77. The molecule has 0 aliphatic carbocycles. The molecule has 0 unspecified atom stereocenters. The molecule has 1 amide bonds. The molecule has 1 N–H and O–H groups in total. The van der Waals surface area contributed by atoms with E-state index in [1.807, 2.05) is 0 Å². The van der Waals surface area contributed by atoms with Gasteiger partial charge in [-0.3, -0.25) is 9.69 Å². The Bertz CT molecular complexity index is 227. The Balaban J connectivity index is 2.29. The number of hydrogen-bond donors (Lipinski definition) is 1. The number of aliphatic hydroxyl groups excluding tert-OH is 1. The summed E-state index contributed by atoms with van der Waals surface area (Å²) in [5, 5.41) is 8.73. The smallest absolute Gasteiger partial charge is 0.234 e. The van der Waals surface area contributed by atoms with Crippen molar-refractivity contribution in [2.75, 3.05) is 39.3 Å². The average molecular weight is 196 g/mol. The van der Waals surface area contributed by atoms with E-state index in [1.54, 1.807) is 4.90 Å². The monoisotopic (exact) mass is 196 g/mol. The molecular formula is C10H16N2O2. The highest BCUT2D eigenvalue weighted by atomic mass is 16.3. The van der Waals surface area contributed by atoms with Gasteiger partial charge < -0.3 is 10.0 Å². The van der Waals surface area contributed by atoms with Crippen molar-refractivity contribution < 1.29 is 9.90 Å². The number of terminal acetylenes is 1. The third kappa shape index (κ3) is 3.02. The minimum atomic E-state index is 0.0381. The van der Waals surface area contributed by atoms with Gasteiger partial charge in [-0.25, -0.2) is 0 Å². The molecule has 1 fully saturated rings. The molecule has 0 atom stereocenters. The predicted octanol–water partition coefficient (Wildman–Crippen LogP) is -0.854. The molecule has 0 radical (unpaired) electrons. The zero-order chi connectivity index (χ0) is 10.4. The summed E-state index contributed by atoms with van der Waals surface area (Å²) in [7, 11) is 0. The fraction of sp³-hybridized carbons (Fsp3) is 0.700. The average Bonchev–Trinajstić information content (AvgIpc) is 2.20. The van der Waals surface area contributed by atoms with Crippen LogP contribution in [0.25, 0.3) is 0 Å². The first kappa shape index (κ1) is 11.0. The molecule has 4 nitrogen and oxygen atoms in total. The Labute approximate surface area is 84.5 Å². The normalized spacial score (nSPS) is 17.9. The van der Waals surface area contributed by atoms with Crippen molar-refractivity contribution in [3.63, 3.8) is 0 Å². The molecule has 1 aliphatic heterocycles. The summed E-state index contributed by atoms with van der Waals surface area (Å²) in [4.78, 5) is 15.3. The molecule has 0 bridgehead atoms. The molecule has 1 rings (SSSR count). The Morgan fingerprint density at radius 3 is 2.50 bits per heavy atom.